The molecule has 0 saturated heterocycles. The second-order valence-electron chi connectivity index (χ2n) is 3.64. The van der Waals surface area contributed by atoms with E-state index in [2.05, 4.69) is 21.2 Å². The largest absolute Gasteiger partial charge is 0.398 e. The van der Waals surface area contributed by atoms with Crippen LogP contribution in [0.1, 0.15) is 10.4 Å². The fraction of sp³-hybridized carbons (Fsp3) is 0. The maximum atomic E-state index is 12.1. The first-order valence-electron chi connectivity index (χ1n) is 5.19. The fourth-order valence-electron chi connectivity index (χ4n) is 1.48. The summed E-state index contributed by atoms with van der Waals surface area (Å²) in [5, 5.41) is 3.03. The van der Waals surface area contributed by atoms with E-state index in [1.165, 1.54) is 0 Å². The van der Waals surface area contributed by atoms with Gasteiger partial charge in [0.2, 0.25) is 0 Å². The van der Waals surface area contributed by atoms with E-state index in [9.17, 15) is 4.79 Å². The number of nitrogen functional groups attached to an aromatic ring is 1. The summed E-state index contributed by atoms with van der Waals surface area (Å²) in [5.41, 5.74) is 7.08. The molecule has 0 fully saturated rings. The monoisotopic (exact) mass is 324 g/mol. The molecule has 2 aromatic carbocycles. The third kappa shape index (κ3) is 2.66. The Morgan fingerprint density at radius 3 is 2.61 bits per heavy atom. The van der Waals surface area contributed by atoms with Crippen LogP contribution in [-0.2, 0) is 0 Å². The van der Waals surface area contributed by atoms with E-state index >= 15 is 0 Å². The average Bonchev–Trinajstić information content (AvgIpc) is 2.35. The minimum absolute atomic E-state index is 0.266. The molecular formula is C13H10BrClN2O. The summed E-state index contributed by atoms with van der Waals surface area (Å²) in [6, 6.07) is 12.3. The molecule has 0 atom stereocenters. The van der Waals surface area contributed by atoms with Crippen molar-refractivity contribution in [2.24, 2.45) is 0 Å². The van der Waals surface area contributed by atoms with E-state index in [4.69, 9.17) is 17.3 Å². The molecule has 0 bridgehead atoms. The predicted molar refractivity (Wildman–Crippen MR) is 78.0 cm³/mol. The van der Waals surface area contributed by atoms with Gasteiger partial charge in [-0.1, -0.05) is 29.8 Å². The van der Waals surface area contributed by atoms with Crippen molar-refractivity contribution in [3.05, 3.63) is 57.5 Å². The van der Waals surface area contributed by atoms with Crippen LogP contribution in [-0.4, -0.2) is 5.91 Å². The standard InChI is InChI=1S/C13H10BrClN2O/c14-9-5-1-2-7-11(9)17-13(18)8-4-3-6-10(16)12(8)15/h1-7H,16H2,(H,17,18). The number of nitrogens with one attached hydrogen (secondary N) is 1. The summed E-state index contributed by atoms with van der Waals surface area (Å²) in [6.07, 6.45) is 0. The highest BCUT2D eigenvalue weighted by Gasteiger charge is 2.13. The molecule has 0 spiro atoms. The molecule has 92 valence electrons. The first kappa shape index (κ1) is 12.9. The van der Waals surface area contributed by atoms with Gasteiger partial charge in [0.05, 0.1) is 22.0 Å². The number of para-hydroxylation sites is 1. The minimum atomic E-state index is -0.292. The molecule has 0 radical (unpaired) electrons. The Kier molecular flexibility index (Phi) is 3.89. The number of halogens is 2. The molecule has 0 aliphatic rings. The summed E-state index contributed by atoms with van der Waals surface area (Å²) < 4.78 is 0.804. The van der Waals surface area contributed by atoms with Crippen molar-refractivity contribution in [1.82, 2.24) is 0 Å². The Labute approximate surface area is 118 Å². The summed E-state index contributed by atoms with van der Waals surface area (Å²) in [5.74, 6) is -0.292. The Bertz CT molecular complexity index is 601. The molecule has 0 unspecified atom stereocenters. The highest BCUT2D eigenvalue weighted by molar-refractivity contribution is 9.10. The van der Waals surface area contributed by atoms with Gasteiger partial charge in [0.25, 0.3) is 5.91 Å². The number of hydrogen-bond acceptors (Lipinski definition) is 2. The molecule has 18 heavy (non-hydrogen) atoms. The van der Waals surface area contributed by atoms with Crippen LogP contribution < -0.4 is 11.1 Å². The van der Waals surface area contributed by atoms with Gasteiger partial charge in [0.15, 0.2) is 0 Å². The Morgan fingerprint density at radius 2 is 1.89 bits per heavy atom. The zero-order chi connectivity index (χ0) is 13.1. The van der Waals surface area contributed by atoms with Crippen LogP contribution in [0.5, 0.6) is 0 Å². The number of anilines is 2. The zero-order valence-electron chi connectivity index (χ0n) is 9.28. The molecule has 0 aromatic heterocycles. The van der Waals surface area contributed by atoms with Crippen LogP contribution in [0, 0.1) is 0 Å². The topological polar surface area (TPSA) is 55.1 Å². The van der Waals surface area contributed by atoms with Crippen molar-refractivity contribution in [2.45, 2.75) is 0 Å². The van der Waals surface area contributed by atoms with E-state index < -0.39 is 0 Å². The lowest BCUT2D eigenvalue weighted by Crippen LogP contribution is -2.13. The normalized spacial score (nSPS) is 10.1. The van der Waals surface area contributed by atoms with Crippen molar-refractivity contribution in [1.29, 1.82) is 0 Å². The summed E-state index contributed by atoms with van der Waals surface area (Å²) in [7, 11) is 0. The lowest BCUT2D eigenvalue weighted by atomic mass is 10.2. The molecule has 3 nitrogen and oxygen atoms in total. The zero-order valence-corrected chi connectivity index (χ0v) is 11.6. The van der Waals surface area contributed by atoms with Crippen LogP contribution in [0.15, 0.2) is 46.9 Å². The number of carbonyl (C=O) groups is 1. The Hall–Kier alpha value is -1.52. The van der Waals surface area contributed by atoms with Crippen LogP contribution in [0.2, 0.25) is 5.02 Å². The summed E-state index contributed by atoms with van der Waals surface area (Å²) >= 11 is 9.35. The first-order valence-corrected chi connectivity index (χ1v) is 6.36. The van der Waals surface area contributed by atoms with Crippen LogP contribution >= 0.6 is 27.5 Å². The van der Waals surface area contributed by atoms with Crippen LogP contribution in [0.25, 0.3) is 0 Å². The van der Waals surface area contributed by atoms with Crippen molar-refractivity contribution >= 4 is 44.8 Å². The molecule has 2 aromatic rings. The average molecular weight is 326 g/mol. The lowest BCUT2D eigenvalue weighted by Gasteiger charge is -2.09. The molecule has 2 rings (SSSR count). The van der Waals surface area contributed by atoms with Crippen LogP contribution in [0.4, 0.5) is 11.4 Å². The third-order valence-corrected chi connectivity index (χ3v) is 3.51. The maximum absolute atomic E-state index is 12.1. The summed E-state index contributed by atoms with van der Waals surface area (Å²) in [6.45, 7) is 0. The SMILES string of the molecule is Nc1cccc(C(=O)Nc2ccccc2Br)c1Cl. The number of rotatable bonds is 2. The number of nitrogens with two attached hydrogens (primary N) is 1. The van der Waals surface area contributed by atoms with Gasteiger partial charge in [-0.25, -0.2) is 0 Å². The Balaban J connectivity index is 2.28. The fourth-order valence-corrected chi connectivity index (χ4v) is 2.07. The van der Waals surface area contributed by atoms with E-state index in [-0.39, 0.29) is 10.9 Å². The lowest BCUT2D eigenvalue weighted by molar-refractivity contribution is 0.102. The van der Waals surface area contributed by atoms with Crippen molar-refractivity contribution < 1.29 is 4.79 Å². The molecule has 5 heteroatoms. The van der Waals surface area contributed by atoms with Gasteiger partial charge in [0.1, 0.15) is 0 Å². The van der Waals surface area contributed by atoms with Gasteiger partial charge >= 0.3 is 0 Å². The highest BCUT2D eigenvalue weighted by Crippen LogP contribution is 2.26. The molecule has 0 aliphatic carbocycles. The van der Waals surface area contributed by atoms with E-state index in [1.807, 2.05) is 18.2 Å². The third-order valence-electron chi connectivity index (χ3n) is 2.40. The quantitative estimate of drug-likeness (QED) is 0.822. The molecule has 0 saturated carbocycles. The van der Waals surface area contributed by atoms with Gasteiger partial charge < -0.3 is 11.1 Å². The van der Waals surface area contributed by atoms with E-state index in [1.54, 1.807) is 24.3 Å². The summed E-state index contributed by atoms with van der Waals surface area (Å²) in [4.78, 5) is 12.1. The van der Waals surface area contributed by atoms with Gasteiger partial charge in [-0.3, -0.25) is 4.79 Å². The number of hydrogen-bond donors (Lipinski definition) is 2. The first-order chi connectivity index (χ1) is 8.59. The van der Waals surface area contributed by atoms with Crippen molar-refractivity contribution in [2.75, 3.05) is 11.1 Å². The van der Waals surface area contributed by atoms with E-state index in [0.717, 1.165) is 4.47 Å². The second kappa shape index (κ2) is 5.42. The molecule has 0 aliphatic heterocycles. The number of carbonyl (C=O) groups excluding carboxylic acids is 1. The van der Waals surface area contributed by atoms with E-state index in [0.29, 0.717) is 16.9 Å². The predicted octanol–water partition coefficient (Wildman–Crippen LogP) is 3.94. The van der Waals surface area contributed by atoms with Crippen molar-refractivity contribution in [3.8, 4) is 0 Å². The minimum Gasteiger partial charge on any atom is -0.398 e. The number of amides is 1. The van der Waals surface area contributed by atoms with Crippen LogP contribution in [0.3, 0.4) is 0 Å². The molecule has 1 amide bonds. The van der Waals surface area contributed by atoms with Crippen molar-refractivity contribution in [3.63, 3.8) is 0 Å². The second-order valence-corrected chi connectivity index (χ2v) is 4.88. The van der Waals surface area contributed by atoms with Gasteiger partial charge in [-0.2, -0.15) is 0 Å². The van der Waals surface area contributed by atoms with Gasteiger partial charge in [-0.05, 0) is 40.2 Å². The molecular weight excluding hydrogens is 316 g/mol. The smallest absolute Gasteiger partial charge is 0.257 e. The van der Waals surface area contributed by atoms with Gasteiger partial charge in [0, 0.05) is 4.47 Å². The number of benzene rings is 2. The molecule has 3 N–H and O–H groups in total. The van der Waals surface area contributed by atoms with Gasteiger partial charge in [-0.15, -0.1) is 0 Å². The Morgan fingerprint density at radius 1 is 1.17 bits per heavy atom. The highest BCUT2D eigenvalue weighted by atomic mass is 79.9. The maximum Gasteiger partial charge on any atom is 0.257 e. The molecule has 0 heterocycles.